The van der Waals surface area contributed by atoms with Crippen molar-refractivity contribution in [3.05, 3.63) is 0 Å². The zero-order chi connectivity index (χ0) is 6.69. The van der Waals surface area contributed by atoms with Gasteiger partial charge in [0.2, 0.25) is 0 Å². The summed E-state index contributed by atoms with van der Waals surface area (Å²) in [6.45, 7) is 0.498. The van der Waals surface area contributed by atoms with E-state index in [1.807, 2.05) is 0 Å². The molecule has 1 fully saturated rings. The average Bonchev–Trinajstić information content (AvgIpc) is 1.88. The summed E-state index contributed by atoms with van der Waals surface area (Å²) in [4.78, 5) is 10.5. The van der Waals surface area contributed by atoms with Crippen LogP contribution in [0.3, 0.4) is 0 Å². The smallest absolute Gasteiger partial charge is 0.308 e. The van der Waals surface area contributed by atoms with Crippen molar-refractivity contribution >= 4 is 15.4 Å². The number of carbonyl (C=O) groups excluding carboxylic acids is 1. The summed E-state index contributed by atoms with van der Waals surface area (Å²) in [5.74, 6) is -0.159. The van der Waals surface area contributed by atoms with E-state index < -0.39 is 0 Å². The molecule has 52 valence electrons. The van der Waals surface area contributed by atoms with Crippen molar-refractivity contribution in [1.82, 2.24) is 0 Å². The van der Waals surface area contributed by atoms with Crippen molar-refractivity contribution in [2.24, 2.45) is 0 Å². The first-order chi connectivity index (χ1) is 4.33. The number of rotatable bonds is 1. The molecule has 0 aromatic carbocycles. The lowest BCUT2D eigenvalue weighted by Gasteiger charge is -2.18. The molecule has 1 saturated heterocycles. The maximum absolute atomic E-state index is 10.5. The highest BCUT2D eigenvalue weighted by molar-refractivity contribution is 7.09. The molecule has 1 aliphatic rings. The number of hydrogen-bond acceptors (Lipinski definition) is 3. The first kappa shape index (κ1) is 6.97. The molecule has 3 nitrogen and oxygen atoms in total. The Morgan fingerprint density at radius 3 is 3.00 bits per heavy atom. The number of carbonyl (C=O) groups is 1. The fourth-order valence-corrected chi connectivity index (χ4v) is 1.000. The second-order valence-corrected chi connectivity index (χ2v) is 2.24. The number of hydrogen-bond donors (Lipinski definition) is 0. The first-order valence-corrected chi connectivity index (χ1v) is 3.31. The SMILES string of the molecule is O=C1C[C@H](OP)CCO1. The second kappa shape index (κ2) is 3.14. The molecule has 0 radical (unpaired) electrons. The standard InChI is InChI=1S/C5H9O3P/c6-5-3-4(8-9)1-2-7-5/h4H,1-3,9H2/t4-/m1/s1. The van der Waals surface area contributed by atoms with Gasteiger partial charge in [0.25, 0.3) is 0 Å². The third-order valence-corrected chi connectivity index (χ3v) is 1.67. The average molecular weight is 148 g/mol. The van der Waals surface area contributed by atoms with Gasteiger partial charge in [-0.25, -0.2) is 0 Å². The Bertz CT molecular complexity index is 115. The molecule has 0 bridgehead atoms. The minimum atomic E-state index is -0.159. The van der Waals surface area contributed by atoms with Gasteiger partial charge in [0, 0.05) is 15.9 Å². The summed E-state index contributed by atoms with van der Waals surface area (Å²) < 4.78 is 9.56. The number of ether oxygens (including phenoxy) is 1. The van der Waals surface area contributed by atoms with Crippen molar-refractivity contribution in [2.45, 2.75) is 18.9 Å². The van der Waals surface area contributed by atoms with Crippen LogP contribution < -0.4 is 0 Å². The highest BCUT2D eigenvalue weighted by atomic mass is 31.0. The van der Waals surface area contributed by atoms with Crippen LogP contribution in [0.25, 0.3) is 0 Å². The third kappa shape index (κ3) is 1.92. The monoisotopic (exact) mass is 148 g/mol. The molecule has 4 heteroatoms. The summed E-state index contributed by atoms with van der Waals surface area (Å²) >= 11 is 0. The van der Waals surface area contributed by atoms with Crippen molar-refractivity contribution in [3.8, 4) is 0 Å². The topological polar surface area (TPSA) is 35.5 Å². The van der Waals surface area contributed by atoms with Crippen LogP contribution in [0.5, 0.6) is 0 Å². The zero-order valence-electron chi connectivity index (χ0n) is 5.00. The van der Waals surface area contributed by atoms with E-state index in [2.05, 4.69) is 14.2 Å². The molecule has 1 heterocycles. The Kier molecular flexibility index (Phi) is 2.43. The lowest BCUT2D eigenvalue weighted by atomic mass is 10.2. The molecule has 9 heavy (non-hydrogen) atoms. The summed E-state index contributed by atoms with van der Waals surface area (Å²) in [5, 5.41) is 0. The van der Waals surface area contributed by atoms with Gasteiger partial charge < -0.3 is 9.26 Å². The van der Waals surface area contributed by atoms with Crippen LogP contribution in [0.15, 0.2) is 0 Å². The van der Waals surface area contributed by atoms with E-state index in [-0.39, 0.29) is 12.1 Å². The molecular formula is C5H9O3P. The molecule has 2 atom stereocenters. The molecule has 0 amide bonds. The van der Waals surface area contributed by atoms with Crippen LogP contribution in [0, 0.1) is 0 Å². The van der Waals surface area contributed by atoms with Gasteiger partial charge in [-0.05, 0) is 0 Å². The zero-order valence-corrected chi connectivity index (χ0v) is 6.16. The van der Waals surface area contributed by atoms with Crippen LogP contribution in [0.2, 0.25) is 0 Å². The Morgan fingerprint density at radius 2 is 2.56 bits per heavy atom. The highest BCUT2D eigenvalue weighted by Crippen LogP contribution is 2.13. The molecule has 0 aromatic rings. The summed E-state index contributed by atoms with van der Waals surface area (Å²) in [6.07, 6.45) is 1.26. The highest BCUT2D eigenvalue weighted by Gasteiger charge is 2.19. The van der Waals surface area contributed by atoms with Crippen LogP contribution in [-0.4, -0.2) is 18.7 Å². The number of esters is 1. The van der Waals surface area contributed by atoms with E-state index in [1.54, 1.807) is 0 Å². The maximum atomic E-state index is 10.5. The molecule has 1 rings (SSSR count). The first-order valence-electron chi connectivity index (χ1n) is 2.84. The molecule has 0 saturated carbocycles. The van der Waals surface area contributed by atoms with Crippen LogP contribution in [0.4, 0.5) is 0 Å². The van der Waals surface area contributed by atoms with Crippen LogP contribution >= 0.6 is 9.47 Å². The Hall–Kier alpha value is -0.140. The van der Waals surface area contributed by atoms with E-state index in [0.717, 1.165) is 6.42 Å². The Labute approximate surface area is 56.0 Å². The molecule has 1 unspecified atom stereocenters. The minimum absolute atomic E-state index is 0.0521. The molecule has 0 aromatic heterocycles. The van der Waals surface area contributed by atoms with Crippen molar-refractivity contribution in [2.75, 3.05) is 6.61 Å². The lowest BCUT2D eigenvalue weighted by Crippen LogP contribution is -2.24. The largest absolute Gasteiger partial charge is 0.465 e. The second-order valence-electron chi connectivity index (χ2n) is 1.97. The third-order valence-electron chi connectivity index (χ3n) is 1.29. The normalized spacial score (nSPS) is 27.7. The molecule has 1 aliphatic heterocycles. The van der Waals surface area contributed by atoms with E-state index >= 15 is 0 Å². The summed E-state index contributed by atoms with van der Waals surface area (Å²) in [7, 11) is 2.15. The van der Waals surface area contributed by atoms with Crippen molar-refractivity contribution in [1.29, 1.82) is 0 Å². The molecule has 0 N–H and O–H groups in total. The van der Waals surface area contributed by atoms with E-state index in [1.165, 1.54) is 0 Å². The van der Waals surface area contributed by atoms with Crippen LogP contribution in [-0.2, 0) is 14.1 Å². The Morgan fingerprint density at radius 1 is 1.78 bits per heavy atom. The molecule has 0 aliphatic carbocycles. The maximum Gasteiger partial charge on any atom is 0.308 e. The summed E-state index contributed by atoms with van der Waals surface area (Å²) in [5.41, 5.74) is 0. The predicted molar refractivity (Wildman–Crippen MR) is 34.8 cm³/mol. The van der Waals surface area contributed by atoms with Gasteiger partial charge in [-0.3, -0.25) is 4.79 Å². The van der Waals surface area contributed by atoms with Gasteiger partial charge >= 0.3 is 5.97 Å². The van der Waals surface area contributed by atoms with E-state index in [9.17, 15) is 4.79 Å². The van der Waals surface area contributed by atoms with Gasteiger partial charge in [0.05, 0.1) is 19.1 Å². The fourth-order valence-electron chi connectivity index (χ4n) is 0.767. The van der Waals surface area contributed by atoms with Crippen molar-refractivity contribution in [3.63, 3.8) is 0 Å². The quantitative estimate of drug-likeness (QED) is 0.401. The van der Waals surface area contributed by atoms with Gasteiger partial charge in [-0.15, -0.1) is 0 Å². The summed E-state index contributed by atoms with van der Waals surface area (Å²) in [6, 6.07) is 0. The van der Waals surface area contributed by atoms with Crippen LogP contribution in [0.1, 0.15) is 12.8 Å². The fraction of sp³-hybridized carbons (Fsp3) is 0.800. The molecule has 0 spiro atoms. The van der Waals surface area contributed by atoms with Gasteiger partial charge in [0.1, 0.15) is 0 Å². The van der Waals surface area contributed by atoms with E-state index in [0.29, 0.717) is 13.0 Å². The predicted octanol–water partition coefficient (Wildman–Crippen LogP) is 0.499. The molecular weight excluding hydrogens is 139 g/mol. The van der Waals surface area contributed by atoms with Gasteiger partial charge in [-0.1, -0.05) is 0 Å². The Balaban J connectivity index is 2.32. The van der Waals surface area contributed by atoms with E-state index in [4.69, 9.17) is 4.52 Å². The minimum Gasteiger partial charge on any atom is -0.465 e. The van der Waals surface area contributed by atoms with Gasteiger partial charge in [-0.2, -0.15) is 0 Å². The number of cyclic esters (lactones) is 1. The van der Waals surface area contributed by atoms with Gasteiger partial charge in [0.15, 0.2) is 0 Å². The lowest BCUT2D eigenvalue weighted by molar-refractivity contribution is -0.150. The van der Waals surface area contributed by atoms with Crippen molar-refractivity contribution < 1.29 is 14.1 Å².